The van der Waals surface area contributed by atoms with Crippen molar-refractivity contribution in [1.82, 2.24) is 5.32 Å². The van der Waals surface area contributed by atoms with Crippen molar-refractivity contribution in [3.8, 4) is 0 Å². The maximum atomic E-state index is 12.0. The van der Waals surface area contributed by atoms with Gasteiger partial charge in [-0.1, -0.05) is 12.1 Å². The molecule has 0 heterocycles. The summed E-state index contributed by atoms with van der Waals surface area (Å²) in [7, 11) is 0. The van der Waals surface area contributed by atoms with E-state index in [2.05, 4.69) is 5.32 Å². The highest BCUT2D eigenvalue weighted by molar-refractivity contribution is 6.04. The highest BCUT2D eigenvalue weighted by Gasteiger charge is 2.37. The SMILES string of the molecule is CC(C)(O)C(C)(O)CNC(=O)c1ccccc1C(=O)O. The number of amides is 1. The molecule has 0 aliphatic rings. The number of aromatic carboxylic acids is 1. The third kappa shape index (κ3) is 3.55. The van der Waals surface area contributed by atoms with E-state index in [0.29, 0.717) is 0 Å². The summed E-state index contributed by atoms with van der Waals surface area (Å²) < 4.78 is 0. The second-order valence-electron chi connectivity index (χ2n) is 5.37. The normalized spacial score (nSPS) is 14.4. The lowest BCUT2D eigenvalue weighted by atomic mass is 9.87. The molecule has 0 radical (unpaired) electrons. The quantitative estimate of drug-likeness (QED) is 0.633. The number of benzene rings is 1. The van der Waals surface area contributed by atoms with Crippen molar-refractivity contribution in [2.24, 2.45) is 0 Å². The van der Waals surface area contributed by atoms with E-state index in [1.165, 1.54) is 39.0 Å². The van der Waals surface area contributed by atoms with Gasteiger partial charge in [-0.15, -0.1) is 0 Å². The maximum Gasteiger partial charge on any atom is 0.336 e. The van der Waals surface area contributed by atoms with Gasteiger partial charge in [0.2, 0.25) is 0 Å². The molecular weight excluding hydrogens is 262 g/mol. The lowest BCUT2D eigenvalue weighted by Crippen LogP contribution is -2.54. The van der Waals surface area contributed by atoms with E-state index in [4.69, 9.17) is 5.11 Å². The third-order valence-corrected chi connectivity index (χ3v) is 3.31. The van der Waals surface area contributed by atoms with Gasteiger partial charge in [0, 0.05) is 6.54 Å². The zero-order valence-corrected chi connectivity index (χ0v) is 11.7. The van der Waals surface area contributed by atoms with Gasteiger partial charge in [-0.05, 0) is 32.9 Å². The second-order valence-corrected chi connectivity index (χ2v) is 5.37. The molecule has 4 N–H and O–H groups in total. The molecule has 1 amide bonds. The molecular formula is C14H19NO5. The van der Waals surface area contributed by atoms with Gasteiger partial charge in [0.05, 0.1) is 16.7 Å². The van der Waals surface area contributed by atoms with Gasteiger partial charge in [-0.25, -0.2) is 4.79 Å². The average Bonchev–Trinajstić information content (AvgIpc) is 2.34. The van der Waals surface area contributed by atoms with E-state index < -0.39 is 23.1 Å². The Hall–Kier alpha value is -1.92. The monoisotopic (exact) mass is 281 g/mol. The highest BCUT2D eigenvalue weighted by atomic mass is 16.4. The van der Waals surface area contributed by atoms with E-state index in [0.717, 1.165) is 0 Å². The predicted octanol–water partition coefficient (Wildman–Crippen LogP) is 0.636. The molecule has 110 valence electrons. The van der Waals surface area contributed by atoms with Crippen molar-refractivity contribution in [2.45, 2.75) is 32.0 Å². The first-order valence-corrected chi connectivity index (χ1v) is 6.11. The molecule has 0 bridgehead atoms. The summed E-state index contributed by atoms with van der Waals surface area (Å²) in [5, 5.41) is 31.3. The number of carbonyl (C=O) groups is 2. The summed E-state index contributed by atoms with van der Waals surface area (Å²) in [5.41, 5.74) is -3.06. The first-order chi connectivity index (χ1) is 9.06. The Labute approximate surface area is 117 Å². The van der Waals surface area contributed by atoms with Gasteiger partial charge < -0.3 is 20.6 Å². The van der Waals surface area contributed by atoms with Crippen LogP contribution in [0.25, 0.3) is 0 Å². The molecule has 0 aromatic heterocycles. The summed E-state index contributed by atoms with van der Waals surface area (Å²) in [6.07, 6.45) is 0. The molecule has 0 aliphatic carbocycles. The Morgan fingerprint density at radius 2 is 1.60 bits per heavy atom. The number of aliphatic hydroxyl groups is 2. The summed E-state index contributed by atoms with van der Waals surface area (Å²) in [4.78, 5) is 23.0. The summed E-state index contributed by atoms with van der Waals surface area (Å²) in [6, 6.07) is 5.78. The Balaban J connectivity index is 2.86. The Morgan fingerprint density at radius 1 is 1.10 bits per heavy atom. The van der Waals surface area contributed by atoms with Crippen LogP contribution < -0.4 is 5.32 Å². The second kappa shape index (κ2) is 5.60. The van der Waals surface area contributed by atoms with Crippen LogP contribution in [0.15, 0.2) is 24.3 Å². The van der Waals surface area contributed by atoms with Crippen molar-refractivity contribution in [1.29, 1.82) is 0 Å². The van der Waals surface area contributed by atoms with Crippen LogP contribution in [0.1, 0.15) is 41.5 Å². The molecule has 1 aromatic carbocycles. The molecule has 0 aliphatic heterocycles. The number of nitrogens with one attached hydrogen (secondary N) is 1. The Morgan fingerprint density at radius 3 is 2.05 bits per heavy atom. The van der Waals surface area contributed by atoms with Crippen LogP contribution in [0.3, 0.4) is 0 Å². The molecule has 1 rings (SSSR count). The Bertz CT molecular complexity index is 517. The van der Waals surface area contributed by atoms with Crippen LogP contribution in [-0.4, -0.2) is 44.9 Å². The van der Waals surface area contributed by atoms with Crippen molar-refractivity contribution < 1.29 is 24.9 Å². The molecule has 0 saturated carbocycles. The largest absolute Gasteiger partial charge is 0.478 e. The van der Waals surface area contributed by atoms with Crippen molar-refractivity contribution in [3.05, 3.63) is 35.4 Å². The molecule has 0 saturated heterocycles. The smallest absolute Gasteiger partial charge is 0.336 e. The molecule has 20 heavy (non-hydrogen) atoms. The fraction of sp³-hybridized carbons (Fsp3) is 0.429. The number of hydrogen-bond donors (Lipinski definition) is 4. The van der Waals surface area contributed by atoms with Gasteiger partial charge in [0.1, 0.15) is 5.60 Å². The summed E-state index contributed by atoms with van der Waals surface area (Å²) in [5.74, 6) is -1.82. The zero-order valence-electron chi connectivity index (χ0n) is 11.7. The fourth-order valence-corrected chi connectivity index (χ4v) is 1.43. The topological polar surface area (TPSA) is 107 Å². The van der Waals surface area contributed by atoms with Gasteiger partial charge in [0.15, 0.2) is 0 Å². The van der Waals surface area contributed by atoms with Crippen molar-refractivity contribution >= 4 is 11.9 Å². The van der Waals surface area contributed by atoms with Crippen LogP contribution in [0.5, 0.6) is 0 Å². The van der Waals surface area contributed by atoms with E-state index in [1.54, 1.807) is 6.07 Å². The van der Waals surface area contributed by atoms with E-state index in [-0.39, 0.29) is 17.7 Å². The van der Waals surface area contributed by atoms with E-state index >= 15 is 0 Å². The minimum atomic E-state index is -1.54. The fourth-order valence-electron chi connectivity index (χ4n) is 1.43. The summed E-state index contributed by atoms with van der Waals surface area (Å²) >= 11 is 0. The number of carbonyl (C=O) groups excluding carboxylic acids is 1. The standard InChI is InChI=1S/C14H19NO5/c1-13(2,19)14(3,20)8-15-11(16)9-6-4-5-7-10(9)12(17)18/h4-7,19-20H,8H2,1-3H3,(H,15,16)(H,17,18). The lowest BCUT2D eigenvalue weighted by molar-refractivity contribution is -0.116. The van der Waals surface area contributed by atoms with E-state index in [9.17, 15) is 19.8 Å². The minimum Gasteiger partial charge on any atom is -0.478 e. The van der Waals surface area contributed by atoms with E-state index in [1.807, 2.05) is 0 Å². The molecule has 1 atom stereocenters. The van der Waals surface area contributed by atoms with Crippen LogP contribution in [0.2, 0.25) is 0 Å². The predicted molar refractivity (Wildman–Crippen MR) is 72.7 cm³/mol. The number of hydrogen-bond acceptors (Lipinski definition) is 4. The van der Waals surface area contributed by atoms with Crippen LogP contribution in [-0.2, 0) is 0 Å². The van der Waals surface area contributed by atoms with Gasteiger partial charge >= 0.3 is 5.97 Å². The molecule has 1 aromatic rings. The number of rotatable bonds is 5. The van der Waals surface area contributed by atoms with Crippen molar-refractivity contribution in [2.75, 3.05) is 6.54 Å². The Kier molecular flexibility index (Phi) is 4.52. The third-order valence-electron chi connectivity index (χ3n) is 3.31. The van der Waals surface area contributed by atoms with Gasteiger partial charge in [-0.3, -0.25) is 4.79 Å². The molecule has 6 heteroatoms. The lowest BCUT2D eigenvalue weighted by Gasteiger charge is -2.35. The molecule has 6 nitrogen and oxygen atoms in total. The summed E-state index contributed by atoms with van der Waals surface area (Å²) in [6.45, 7) is 4.02. The molecule has 1 unspecified atom stereocenters. The maximum absolute atomic E-state index is 12.0. The average molecular weight is 281 g/mol. The number of carboxylic acid groups (broad SMARTS) is 1. The van der Waals surface area contributed by atoms with Gasteiger partial charge in [-0.2, -0.15) is 0 Å². The van der Waals surface area contributed by atoms with Crippen molar-refractivity contribution in [3.63, 3.8) is 0 Å². The van der Waals surface area contributed by atoms with Crippen LogP contribution >= 0.6 is 0 Å². The first kappa shape index (κ1) is 16.1. The van der Waals surface area contributed by atoms with Gasteiger partial charge in [0.25, 0.3) is 5.91 Å². The van der Waals surface area contributed by atoms with Crippen LogP contribution in [0.4, 0.5) is 0 Å². The zero-order chi connectivity index (χ0) is 15.6. The van der Waals surface area contributed by atoms with Crippen LogP contribution in [0, 0.1) is 0 Å². The minimum absolute atomic E-state index is 0.00606. The molecule has 0 fully saturated rings. The highest BCUT2D eigenvalue weighted by Crippen LogP contribution is 2.20. The number of carboxylic acids is 1. The first-order valence-electron chi connectivity index (χ1n) is 6.11. The molecule has 0 spiro atoms.